The van der Waals surface area contributed by atoms with Crippen LogP contribution in [0.5, 0.6) is 0 Å². The van der Waals surface area contributed by atoms with Crippen LogP contribution in [0.3, 0.4) is 0 Å². The Morgan fingerprint density at radius 2 is 0.361 bits per heavy atom. The smallest absolute Gasteiger partial charge is 0.0175 e. The number of hydrogen-bond acceptors (Lipinski definition) is 0. The minimum absolute atomic E-state index is 1.28. The van der Waals surface area contributed by atoms with Crippen LogP contribution in [0.15, 0.2) is 243 Å². The van der Waals surface area contributed by atoms with E-state index in [1.807, 2.05) is 0 Å². The molecule has 0 bridgehead atoms. The zero-order chi connectivity index (χ0) is 50.1. The maximum atomic E-state index is 2.27. The van der Waals surface area contributed by atoms with Crippen molar-refractivity contribution in [2.45, 2.75) is 55.4 Å². The molecule has 0 aromatic heterocycles. The Hall–Kier alpha value is -8.32. The Labute approximate surface area is 427 Å². The van der Waals surface area contributed by atoms with Crippen LogP contribution in [0.4, 0.5) is 0 Å². The van der Waals surface area contributed by atoms with E-state index >= 15 is 0 Å². The molecule has 0 unspecified atom stereocenters. The minimum atomic E-state index is 1.28. The molecule has 0 saturated carbocycles. The Bertz CT molecular complexity index is 3810. The molecule has 0 saturated heterocycles. The van der Waals surface area contributed by atoms with E-state index in [0.29, 0.717) is 0 Å². The summed E-state index contributed by atoms with van der Waals surface area (Å²) in [6, 6.07) is 87.8. The van der Waals surface area contributed by atoms with Gasteiger partial charge in [-0.05, 0) is 167 Å². The fourth-order valence-electron chi connectivity index (χ4n) is 9.32. The first-order valence-electron chi connectivity index (χ1n) is 25.2. The highest BCUT2D eigenvalue weighted by molar-refractivity contribution is 5.91. The molecule has 12 aromatic carbocycles. The summed E-state index contributed by atoms with van der Waals surface area (Å²) in [6.45, 7) is 17.0. The van der Waals surface area contributed by atoms with E-state index < -0.39 is 0 Å². The highest BCUT2D eigenvalue weighted by Crippen LogP contribution is 2.30. The molecular weight excluding hydrogens is 865 g/mol. The van der Waals surface area contributed by atoms with Gasteiger partial charge in [-0.2, -0.15) is 0 Å². The van der Waals surface area contributed by atoms with E-state index in [2.05, 4.69) is 298 Å². The van der Waals surface area contributed by atoms with Crippen LogP contribution in [-0.2, 0) is 0 Å². The molecule has 72 heavy (non-hydrogen) atoms. The average molecular weight is 929 g/mol. The molecule has 0 aliphatic rings. The highest BCUT2D eigenvalue weighted by atomic mass is 14.1. The predicted octanol–water partition coefficient (Wildman–Crippen LogP) is 20.5. The number of fused-ring (bicyclic) bond motifs is 4. The Morgan fingerprint density at radius 3 is 0.722 bits per heavy atom. The first-order valence-corrected chi connectivity index (χ1v) is 25.2. The summed E-state index contributed by atoms with van der Waals surface area (Å²) < 4.78 is 0. The lowest BCUT2D eigenvalue weighted by atomic mass is 9.99. The summed E-state index contributed by atoms with van der Waals surface area (Å²) in [7, 11) is 0. The summed E-state index contributed by atoms with van der Waals surface area (Å²) in [5, 5.41) is 10.5. The highest BCUT2D eigenvalue weighted by Gasteiger charge is 2.04. The second-order valence-corrected chi connectivity index (χ2v) is 19.7. The second-order valence-electron chi connectivity index (χ2n) is 19.7. The molecule has 0 spiro atoms. The molecule has 12 rings (SSSR count). The third-order valence-electron chi connectivity index (χ3n) is 13.5. The number of benzene rings is 12. The van der Waals surface area contributed by atoms with E-state index in [4.69, 9.17) is 0 Å². The maximum absolute atomic E-state index is 2.27. The van der Waals surface area contributed by atoms with Gasteiger partial charge >= 0.3 is 0 Å². The van der Waals surface area contributed by atoms with Gasteiger partial charge in [-0.3, -0.25) is 0 Å². The Balaban J connectivity index is 0.000000119. The Morgan fingerprint density at radius 1 is 0.139 bits per heavy atom. The summed E-state index contributed by atoms with van der Waals surface area (Å²) in [5.74, 6) is 0. The first-order chi connectivity index (χ1) is 34.9. The number of rotatable bonds is 4. The summed E-state index contributed by atoms with van der Waals surface area (Å²) in [5.41, 5.74) is 20.7. The molecule has 0 radical (unpaired) electrons. The topological polar surface area (TPSA) is 0 Å². The zero-order valence-corrected chi connectivity index (χ0v) is 43.1. The molecule has 0 aliphatic carbocycles. The van der Waals surface area contributed by atoms with Crippen molar-refractivity contribution in [3.8, 4) is 44.5 Å². The standard InChI is InChI=1S/4C18H16/c1-13-3-6-15(7-4-13)17-10-9-16-11-14(2)5-8-18(16)12-17;1-13-3-6-15(7-4-13)17-10-9-16-8-5-14(2)11-18(16)12-17;1-13-4-3-5-16(10-13)17-9-8-15-7-6-14(2)11-18(15)12-17;1-13-4-3-5-15(10-13)18-9-8-16-11-14(2)6-7-17(16)12-18/h4*3-12H,1-2H3. The summed E-state index contributed by atoms with van der Waals surface area (Å²) in [4.78, 5) is 0. The van der Waals surface area contributed by atoms with Gasteiger partial charge < -0.3 is 0 Å². The molecule has 0 heteroatoms. The minimum Gasteiger partial charge on any atom is -0.0614 e. The van der Waals surface area contributed by atoms with Crippen LogP contribution in [0.2, 0.25) is 0 Å². The lowest BCUT2D eigenvalue weighted by Gasteiger charge is -2.06. The molecule has 0 N–H and O–H groups in total. The lowest BCUT2D eigenvalue weighted by Crippen LogP contribution is -1.81. The van der Waals surface area contributed by atoms with Crippen molar-refractivity contribution in [3.63, 3.8) is 0 Å². The predicted molar refractivity (Wildman–Crippen MR) is 315 cm³/mol. The van der Waals surface area contributed by atoms with E-state index in [1.54, 1.807) is 0 Å². The van der Waals surface area contributed by atoms with Crippen LogP contribution >= 0.6 is 0 Å². The molecule has 0 nitrogen and oxygen atoms in total. The first kappa shape index (κ1) is 48.7. The van der Waals surface area contributed by atoms with Crippen LogP contribution in [0, 0.1) is 55.4 Å². The summed E-state index contributed by atoms with van der Waals surface area (Å²) >= 11 is 0. The van der Waals surface area contributed by atoms with Gasteiger partial charge in [0.1, 0.15) is 0 Å². The molecule has 352 valence electrons. The second kappa shape index (κ2) is 22.2. The quantitative estimate of drug-likeness (QED) is 0.165. The largest absolute Gasteiger partial charge is 0.0614 e. The molecule has 0 heterocycles. The monoisotopic (exact) mass is 929 g/mol. The normalized spacial score (nSPS) is 10.8. The van der Waals surface area contributed by atoms with Crippen LogP contribution < -0.4 is 0 Å². The SMILES string of the molecule is Cc1ccc(-c2ccc3cc(C)ccc3c2)cc1.Cc1ccc(-c2ccc3ccc(C)cc3c2)cc1.Cc1cccc(-c2ccc3cc(C)ccc3c2)c1.Cc1cccc(-c2ccc3ccc(C)cc3c2)c1. The van der Waals surface area contributed by atoms with E-state index in [-0.39, 0.29) is 0 Å². The van der Waals surface area contributed by atoms with Gasteiger partial charge in [0.25, 0.3) is 0 Å². The fraction of sp³-hybridized carbons (Fsp3) is 0.111. The number of aryl methyl sites for hydroxylation is 8. The Kier molecular flexibility index (Phi) is 15.0. The molecule has 12 aromatic rings. The van der Waals surface area contributed by atoms with Gasteiger partial charge in [0, 0.05) is 0 Å². The van der Waals surface area contributed by atoms with Gasteiger partial charge in [-0.1, -0.05) is 263 Å². The molecule has 0 fully saturated rings. The molecule has 0 amide bonds. The van der Waals surface area contributed by atoms with Gasteiger partial charge in [-0.15, -0.1) is 0 Å². The van der Waals surface area contributed by atoms with Gasteiger partial charge in [-0.25, -0.2) is 0 Å². The molecule has 0 atom stereocenters. The zero-order valence-electron chi connectivity index (χ0n) is 43.1. The maximum Gasteiger partial charge on any atom is -0.0175 e. The van der Waals surface area contributed by atoms with Crippen molar-refractivity contribution in [3.05, 3.63) is 287 Å². The van der Waals surface area contributed by atoms with E-state index in [0.717, 1.165) is 0 Å². The van der Waals surface area contributed by atoms with Gasteiger partial charge in [0.15, 0.2) is 0 Å². The van der Waals surface area contributed by atoms with Crippen molar-refractivity contribution >= 4 is 43.1 Å². The average Bonchev–Trinajstić information content (AvgIpc) is 3.39. The fourth-order valence-corrected chi connectivity index (χ4v) is 9.32. The van der Waals surface area contributed by atoms with Crippen LogP contribution in [-0.4, -0.2) is 0 Å². The van der Waals surface area contributed by atoms with Crippen molar-refractivity contribution in [1.29, 1.82) is 0 Å². The molecule has 0 aliphatic heterocycles. The van der Waals surface area contributed by atoms with Crippen LogP contribution in [0.25, 0.3) is 87.6 Å². The van der Waals surface area contributed by atoms with Gasteiger partial charge in [0.05, 0.1) is 0 Å². The third kappa shape index (κ3) is 12.3. The van der Waals surface area contributed by atoms with Crippen molar-refractivity contribution < 1.29 is 0 Å². The van der Waals surface area contributed by atoms with Crippen molar-refractivity contribution in [1.82, 2.24) is 0 Å². The number of hydrogen-bond donors (Lipinski definition) is 0. The van der Waals surface area contributed by atoms with E-state index in [1.165, 1.54) is 132 Å². The van der Waals surface area contributed by atoms with Gasteiger partial charge in [0.2, 0.25) is 0 Å². The third-order valence-corrected chi connectivity index (χ3v) is 13.5. The van der Waals surface area contributed by atoms with Crippen molar-refractivity contribution in [2.75, 3.05) is 0 Å². The van der Waals surface area contributed by atoms with E-state index in [9.17, 15) is 0 Å². The van der Waals surface area contributed by atoms with Crippen molar-refractivity contribution in [2.24, 2.45) is 0 Å². The summed E-state index contributed by atoms with van der Waals surface area (Å²) in [6.07, 6.45) is 0. The lowest BCUT2D eigenvalue weighted by molar-refractivity contribution is 1.47. The molecular formula is C72H64. The van der Waals surface area contributed by atoms with Crippen LogP contribution in [0.1, 0.15) is 44.5 Å².